The summed E-state index contributed by atoms with van der Waals surface area (Å²) in [6, 6.07) is 8.09. The number of hydrogen-bond donors (Lipinski definition) is 2. The molecular formula is C24H28F3N3O2. The molecule has 1 aromatic carbocycles. The molecular weight excluding hydrogens is 419 g/mol. The molecule has 2 aliphatic carbocycles. The van der Waals surface area contributed by atoms with Gasteiger partial charge < -0.3 is 19.9 Å². The van der Waals surface area contributed by atoms with Crippen molar-refractivity contribution in [3.05, 3.63) is 47.3 Å². The van der Waals surface area contributed by atoms with Crippen molar-refractivity contribution in [3.63, 3.8) is 0 Å². The predicted molar refractivity (Wildman–Crippen MR) is 115 cm³/mol. The lowest BCUT2D eigenvalue weighted by Gasteiger charge is -2.34. The summed E-state index contributed by atoms with van der Waals surface area (Å²) >= 11 is 0. The number of anilines is 1. The zero-order valence-corrected chi connectivity index (χ0v) is 17.9. The molecule has 1 unspecified atom stereocenters. The second kappa shape index (κ2) is 8.05. The molecule has 5 rings (SSSR count). The summed E-state index contributed by atoms with van der Waals surface area (Å²) in [5, 5.41) is 3.12. The van der Waals surface area contributed by atoms with Crippen LogP contribution >= 0.6 is 0 Å². The Hall–Kier alpha value is -2.64. The van der Waals surface area contributed by atoms with E-state index in [9.17, 15) is 18.0 Å². The lowest BCUT2D eigenvalue weighted by Crippen LogP contribution is -2.36. The molecule has 1 amide bonds. The molecule has 2 aromatic rings. The quantitative estimate of drug-likeness (QED) is 0.691. The van der Waals surface area contributed by atoms with Gasteiger partial charge in [0.1, 0.15) is 11.4 Å². The number of rotatable bonds is 5. The first-order chi connectivity index (χ1) is 15.3. The van der Waals surface area contributed by atoms with Crippen LogP contribution in [-0.2, 0) is 12.8 Å². The lowest BCUT2D eigenvalue weighted by atomic mass is 9.90. The highest BCUT2D eigenvalue weighted by Crippen LogP contribution is 2.59. The fraction of sp³-hybridized carbons (Fsp3) is 0.542. The molecule has 1 saturated carbocycles. The average molecular weight is 448 g/mol. The van der Waals surface area contributed by atoms with Gasteiger partial charge in [-0.1, -0.05) is 0 Å². The van der Waals surface area contributed by atoms with Gasteiger partial charge >= 0.3 is 6.36 Å². The topological polar surface area (TPSA) is 57.4 Å². The number of aryl methyl sites for hydroxylation is 2. The largest absolute Gasteiger partial charge is 0.573 e. The van der Waals surface area contributed by atoms with Crippen molar-refractivity contribution in [1.29, 1.82) is 0 Å². The van der Waals surface area contributed by atoms with E-state index in [0.717, 1.165) is 50.9 Å². The van der Waals surface area contributed by atoms with Crippen LogP contribution < -0.4 is 15.0 Å². The SMILES string of the molecule is O=C(NCC1CC12CCN(c1ccc(OC(F)(F)F)cc1)CC2)c1cc2c([nH]1)CCCC2. The minimum Gasteiger partial charge on any atom is -0.406 e. The van der Waals surface area contributed by atoms with Crippen LogP contribution in [0.5, 0.6) is 5.75 Å². The zero-order chi connectivity index (χ0) is 22.3. The van der Waals surface area contributed by atoms with Gasteiger partial charge in [0.05, 0.1) is 0 Å². The first kappa shape index (κ1) is 21.2. The van der Waals surface area contributed by atoms with Crippen molar-refractivity contribution >= 4 is 11.6 Å². The Morgan fingerprint density at radius 3 is 2.56 bits per heavy atom. The first-order valence-corrected chi connectivity index (χ1v) is 11.4. The number of carbonyl (C=O) groups is 1. The number of halogens is 3. The molecule has 1 aliphatic heterocycles. The average Bonchev–Trinajstić information content (AvgIpc) is 3.24. The fourth-order valence-corrected chi connectivity index (χ4v) is 5.44. The molecule has 32 heavy (non-hydrogen) atoms. The Kier molecular flexibility index (Phi) is 5.34. The van der Waals surface area contributed by atoms with Crippen molar-refractivity contribution < 1.29 is 22.7 Å². The van der Waals surface area contributed by atoms with Gasteiger partial charge in [0.15, 0.2) is 0 Å². The van der Waals surface area contributed by atoms with Gasteiger partial charge in [-0.15, -0.1) is 13.2 Å². The van der Waals surface area contributed by atoms with Crippen molar-refractivity contribution in [2.75, 3.05) is 24.5 Å². The molecule has 0 bridgehead atoms. The molecule has 1 spiro atoms. The highest BCUT2D eigenvalue weighted by Gasteiger charge is 2.54. The molecule has 2 fully saturated rings. The molecule has 5 nitrogen and oxygen atoms in total. The lowest BCUT2D eigenvalue weighted by molar-refractivity contribution is -0.274. The second-order valence-corrected chi connectivity index (χ2v) is 9.40. The van der Waals surface area contributed by atoms with Crippen LogP contribution in [0.1, 0.15) is 53.8 Å². The van der Waals surface area contributed by atoms with Crippen LogP contribution in [-0.4, -0.2) is 36.9 Å². The normalized spacial score (nSPS) is 21.8. The van der Waals surface area contributed by atoms with E-state index < -0.39 is 6.36 Å². The summed E-state index contributed by atoms with van der Waals surface area (Å²) in [7, 11) is 0. The van der Waals surface area contributed by atoms with E-state index in [1.807, 2.05) is 6.07 Å². The van der Waals surface area contributed by atoms with Crippen molar-refractivity contribution in [3.8, 4) is 5.75 Å². The second-order valence-electron chi connectivity index (χ2n) is 9.40. The van der Waals surface area contributed by atoms with E-state index in [1.54, 1.807) is 12.1 Å². The molecule has 2 N–H and O–H groups in total. The summed E-state index contributed by atoms with van der Waals surface area (Å²) < 4.78 is 40.9. The van der Waals surface area contributed by atoms with Crippen LogP contribution in [0.25, 0.3) is 0 Å². The van der Waals surface area contributed by atoms with Gasteiger partial charge in [-0.25, -0.2) is 0 Å². The number of nitrogens with one attached hydrogen (secondary N) is 2. The number of H-pyrrole nitrogens is 1. The summed E-state index contributed by atoms with van der Waals surface area (Å²) in [5.74, 6) is 0.288. The third-order valence-corrected chi connectivity index (χ3v) is 7.42. The summed E-state index contributed by atoms with van der Waals surface area (Å²) in [6.45, 7) is 2.44. The van der Waals surface area contributed by atoms with Crippen molar-refractivity contribution in [2.45, 2.75) is 51.3 Å². The van der Waals surface area contributed by atoms with Gasteiger partial charge in [-0.05, 0) is 92.2 Å². The Bertz CT molecular complexity index is 952. The summed E-state index contributed by atoms with van der Waals surface area (Å²) in [6.07, 6.45) is 2.98. The summed E-state index contributed by atoms with van der Waals surface area (Å²) in [5.41, 5.74) is 4.39. The maximum atomic E-state index is 12.6. The smallest absolute Gasteiger partial charge is 0.406 e. The predicted octanol–water partition coefficient (Wildman–Crippen LogP) is 4.83. The number of hydrogen-bond acceptors (Lipinski definition) is 3. The van der Waals surface area contributed by atoms with E-state index in [0.29, 0.717) is 18.2 Å². The molecule has 2 heterocycles. The van der Waals surface area contributed by atoms with Crippen LogP contribution in [0.15, 0.2) is 30.3 Å². The van der Waals surface area contributed by atoms with E-state index in [4.69, 9.17) is 0 Å². The third-order valence-electron chi connectivity index (χ3n) is 7.42. The summed E-state index contributed by atoms with van der Waals surface area (Å²) in [4.78, 5) is 18.1. The minimum absolute atomic E-state index is 0.0138. The fourth-order valence-electron chi connectivity index (χ4n) is 5.44. The maximum absolute atomic E-state index is 12.6. The molecule has 1 saturated heterocycles. The number of alkyl halides is 3. The van der Waals surface area contributed by atoms with Gasteiger partial charge in [-0.3, -0.25) is 4.79 Å². The number of nitrogens with zero attached hydrogens (tertiary/aromatic N) is 1. The number of amides is 1. The molecule has 0 radical (unpaired) electrons. The van der Waals surface area contributed by atoms with E-state index in [-0.39, 0.29) is 17.1 Å². The number of ether oxygens (including phenoxy) is 1. The Morgan fingerprint density at radius 2 is 1.88 bits per heavy atom. The van der Waals surface area contributed by atoms with Gasteiger partial charge in [-0.2, -0.15) is 0 Å². The first-order valence-electron chi connectivity index (χ1n) is 11.4. The Balaban J connectivity index is 1.10. The molecule has 1 aromatic heterocycles. The van der Waals surface area contributed by atoms with Gasteiger partial charge in [0.25, 0.3) is 5.91 Å². The molecule has 172 valence electrons. The van der Waals surface area contributed by atoms with Crippen LogP contribution in [0, 0.1) is 11.3 Å². The standard InChI is InChI=1S/C24H28F3N3O2/c25-24(26,27)32-19-7-5-18(6-8-19)30-11-9-23(10-12-30)14-17(23)15-28-22(31)21-13-16-3-1-2-4-20(16)29-21/h5-8,13,17,29H,1-4,9-12,14-15H2,(H,28,31). The Morgan fingerprint density at radius 1 is 1.16 bits per heavy atom. The zero-order valence-electron chi connectivity index (χ0n) is 17.9. The molecule has 8 heteroatoms. The van der Waals surface area contributed by atoms with Gasteiger partial charge in [0.2, 0.25) is 0 Å². The van der Waals surface area contributed by atoms with E-state index in [1.165, 1.54) is 36.2 Å². The van der Waals surface area contributed by atoms with Crippen molar-refractivity contribution in [1.82, 2.24) is 10.3 Å². The number of aromatic nitrogens is 1. The number of piperidine rings is 1. The maximum Gasteiger partial charge on any atom is 0.573 e. The van der Waals surface area contributed by atoms with E-state index in [2.05, 4.69) is 19.9 Å². The highest BCUT2D eigenvalue weighted by molar-refractivity contribution is 5.92. The molecule has 1 atom stereocenters. The minimum atomic E-state index is -4.67. The molecule has 3 aliphatic rings. The highest BCUT2D eigenvalue weighted by atomic mass is 19.4. The van der Waals surface area contributed by atoms with Crippen LogP contribution in [0.4, 0.5) is 18.9 Å². The Labute approximate surface area is 185 Å². The van der Waals surface area contributed by atoms with Crippen LogP contribution in [0.2, 0.25) is 0 Å². The number of benzene rings is 1. The van der Waals surface area contributed by atoms with Gasteiger partial charge in [0, 0.05) is 31.0 Å². The monoisotopic (exact) mass is 447 g/mol. The van der Waals surface area contributed by atoms with Crippen LogP contribution in [0.3, 0.4) is 0 Å². The van der Waals surface area contributed by atoms with E-state index >= 15 is 0 Å². The van der Waals surface area contributed by atoms with Crippen molar-refractivity contribution in [2.24, 2.45) is 11.3 Å². The number of aromatic amines is 1. The number of carbonyl (C=O) groups excluding carboxylic acids is 1. The number of fused-ring (bicyclic) bond motifs is 1. The third kappa shape index (κ3) is 4.45.